The summed E-state index contributed by atoms with van der Waals surface area (Å²) < 4.78 is 7.50. The quantitative estimate of drug-likeness (QED) is 0.381. The molecule has 4 aromatic rings. The Morgan fingerprint density at radius 1 is 1.17 bits per heavy atom. The molecule has 1 aliphatic rings. The third kappa shape index (κ3) is 3.04. The fourth-order valence-corrected chi connectivity index (χ4v) is 4.59. The van der Waals surface area contributed by atoms with Gasteiger partial charge in [0.1, 0.15) is 0 Å². The second-order valence-corrected chi connectivity index (χ2v) is 7.74. The zero-order chi connectivity index (χ0) is 20.0. The van der Waals surface area contributed by atoms with Crippen molar-refractivity contribution in [1.82, 2.24) is 9.38 Å². The molecule has 0 bridgehead atoms. The average molecular weight is 408 g/mol. The first-order valence-electron chi connectivity index (χ1n) is 9.15. The Kier molecular flexibility index (Phi) is 4.26. The lowest BCUT2D eigenvalue weighted by Crippen LogP contribution is -2.36. The smallest absolute Gasteiger partial charge is 0.274 e. The lowest BCUT2D eigenvalue weighted by atomic mass is 10.1. The highest BCUT2D eigenvalue weighted by molar-refractivity contribution is 7.15. The summed E-state index contributed by atoms with van der Waals surface area (Å²) in [6, 6.07) is 12.2. The highest BCUT2D eigenvalue weighted by Gasteiger charge is 2.18. The van der Waals surface area contributed by atoms with Crippen LogP contribution in [0.25, 0.3) is 22.1 Å². The normalized spacial score (nSPS) is 15.4. The molecule has 1 aliphatic heterocycles. The monoisotopic (exact) mass is 408 g/mol. The number of non-ortho nitro benzene ring substituents is 1. The van der Waals surface area contributed by atoms with Crippen LogP contribution in [0.3, 0.4) is 0 Å². The molecule has 0 unspecified atom stereocenters. The number of thiazole rings is 1. The minimum Gasteiger partial charge on any atom is -0.378 e. The molecule has 9 heteroatoms. The van der Waals surface area contributed by atoms with Crippen molar-refractivity contribution < 1.29 is 9.66 Å². The van der Waals surface area contributed by atoms with Gasteiger partial charge in [-0.2, -0.15) is 0 Å². The number of imidazole rings is 1. The first kappa shape index (κ1) is 17.8. The van der Waals surface area contributed by atoms with Gasteiger partial charge in [-0.3, -0.25) is 14.9 Å². The van der Waals surface area contributed by atoms with Crippen molar-refractivity contribution in [3.63, 3.8) is 0 Å². The van der Waals surface area contributed by atoms with Gasteiger partial charge in [0.2, 0.25) is 0 Å². The maximum atomic E-state index is 13.0. The second-order valence-electron chi connectivity index (χ2n) is 6.73. The van der Waals surface area contributed by atoms with Crippen molar-refractivity contribution in [3.8, 4) is 0 Å². The summed E-state index contributed by atoms with van der Waals surface area (Å²) in [6.07, 6.45) is 1.73. The van der Waals surface area contributed by atoms with E-state index >= 15 is 0 Å². The number of nitrogens with zero attached hydrogens (tertiary/aromatic N) is 4. The van der Waals surface area contributed by atoms with E-state index < -0.39 is 4.92 Å². The third-order valence-electron chi connectivity index (χ3n) is 5.01. The van der Waals surface area contributed by atoms with Crippen molar-refractivity contribution in [3.05, 3.63) is 73.0 Å². The minimum absolute atomic E-state index is 0.00695. The van der Waals surface area contributed by atoms with Gasteiger partial charge < -0.3 is 9.64 Å². The van der Waals surface area contributed by atoms with E-state index in [1.165, 1.54) is 23.5 Å². The van der Waals surface area contributed by atoms with Crippen LogP contribution in [0.4, 0.5) is 11.4 Å². The van der Waals surface area contributed by atoms with Crippen LogP contribution in [-0.2, 0) is 4.74 Å². The Hall–Kier alpha value is -3.30. The minimum atomic E-state index is -0.423. The van der Waals surface area contributed by atoms with Gasteiger partial charge in [0, 0.05) is 36.5 Å². The zero-order valence-electron chi connectivity index (χ0n) is 15.3. The van der Waals surface area contributed by atoms with Crippen LogP contribution in [0.1, 0.15) is 5.56 Å². The van der Waals surface area contributed by atoms with Crippen LogP contribution in [0, 0.1) is 10.1 Å². The maximum Gasteiger partial charge on any atom is 0.274 e. The summed E-state index contributed by atoms with van der Waals surface area (Å²) in [5.41, 5.74) is 2.86. The van der Waals surface area contributed by atoms with E-state index in [4.69, 9.17) is 4.74 Å². The molecular formula is C20H16N4O4S. The predicted octanol–water partition coefficient (Wildman–Crippen LogP) is 2.20. The Balaban J connectivity index is 1.71. The van der Waals surface area contributed by atoms with Gasteiger partial charge in [0.25, 0.3) is 11.2 Å². The third-order valence-corrected chi connectivity index (χ3v) is 5.97. The molecule has 8 nitrogen and oxygen atoms in total. The fraction of sp³-hybridized carbons (Fsp3) is 0.200. The number of ether oxygens (including phenoxy) is 1. The molecule has 0 aliphatic carbocycles. The zero-order valence-corrected chi connectivity index (χ0v) is 16.1. The van der Waals surface area contributed by atoms with Crippen molar-refractivity contribution in [2.75, 3.05) is 31.2 Å². The SMILES string of the molecule is O=c1/c(=C/c2cc([N+](=O)[O-])ccc2N2CCOCC2)sc2nc3ccccc3n12. The van der Waals surface area contributed by atoms with Crippen molar-refractivity contribution in [1.29, 1.82) is 0 Å². The first-order chi connectivity index (χ1) is 14.1. The summed E-state index contributed by atoms with van der Waals surface area (Å²) >= 11 is 1.28. The number of para-hydroxylation sites is 2. The van der Waals surface area contributed by atoms with Gasteiger partial charge in [0.05, 0.1) is 33.7 Å². The molecular weight excluding hydrogens is 392 g/mol. The topological polar surface area (TPSA) is 90.0 Å². The summed E-state index contributed by atoms with van der Waals surface area (Å²) in [5.74, 6) is 0. The molecule has 5 rings (SSSR count). The van der Waals surface area contributed by atoms with Gasteiger partial charge in [0.15, 0.2) is 4.96 Å². The number of anilines is 1. The van der Waals surface area contributed by atoms with Gasteiger partial charge in [-0.1, -0.05) is 23.5 Å². The van der Waals surface area contributed by atoms with Crippen molar-refractivity contribution >= 4 is 44.8 Å². The molecule has 0 spiro atoms. The molecule has 0 radical (unpaired) electrons. The average Bonchev–Trinajstić information content (AvgIpc) is 3.25. The molecule has 146 valence electrons. The van der Waals surface area contributed by atoms with Crippen LogP contribution in [0.15, 0.2) is 47.3 Å². The predicted molar refractivity (Wildman–Crippen MR) is 112 cm³/mol. The molecule has 0 N–H and O–H groups in total. The van der Waals surface area contributed by atoms with E-state index in [9.17, 15) is 14.9 Å². The number of hydrogen-bond donors (Lipinski definition) is 0. The van der Waals surface area contributed by atoms with Crippen LogP contribution < -0.4 is 15.0 Å². The van der Waals surface area contributed by atoms with Crippen LogP contribution in [0.5, 0.6) is 0 Å². The Bertz CT molecular complexity index is 1350. The maximum absolute atomic E-state index is 13.0. The number of benzene rings is 2. The molecule has 0 atom stereocenters. The van der Waals surface area contributed by atoms with Gasteiger partial charge >= 0.3 is 0 Å². The second kappa shape index (κ2) is 6.94. The van der Waals surface area contributed by atoms with Gasteiger partial charge in [-0.15, -0.1) is 0 Å². The number of nitro groups is 1. The molecule has 3 heterocycles. The lowest BCUT2D eigenvalue weighted by Gasteiger charge is -2.30. The van der Waals surface area contributed by atoms with Gasteiger partial charge in [-0.25, -0.2) is 9.38 Å². The molecule has 0 saturated carbocycles. The standard InChI is InChI=1S/C20H16N4O4S/c25-19-18(29-20-21-15-3-1-2-4-17(15)23(19)20)12-13-11-14(24(26)27)5-6-16(13)22-7-9-28-10-8-22/h1-6,11-12H,7-10H2/b18-12-. The van der Waals surface area contributed by atoms with Crippen LogP contribution in [-0.4, -0.2) is 40.6 Å². The Morgan fingerprint density at radius 3 is 2.76 bits per heavy atom. The van der Waals surface area contributed by atoms with Crippen molar-refractivity contribution in [2.24, 2.45) is 0 Å². The lowest BCUT2D eigenvalue weighted by molar-refractivity contribution is -0.384. The number of hydrogen-bond acceptors (Lipinski definition) is 7. The molecule has 1 fully saturated rings. The number of rotatable bonds is 3. The molecule has 1 saturated heterocycles. The summed E-state index contributed by atoms with van der Waals surface area (Å²) in [7, 11) is 0. The number of fused-ring (bicyclic) bond motifs is 3. The largest absolute Gasteiger partial charge is 0.378 e. The van der Waals surface area contributed by atoms with E-state index in [0.717, 1.165) is 16.7 Å². The highest BCUT2D eigenvalue weighted by Crippen LogP contribution is 2.27. The Labute approximate surface area is 168 Å². The van der Waals surface area contributed by atoms with Gasteiger partial charge in [-0.05, 0) is 24.3 Å². The van der Waals surface area contributed by atoms with E-state index in [1.807, 2.05) is 24.3 Å². The first-order valence-corrected chi connectivity index (χ1v) is 9.96. The van der Waals surface area contributed by atoms with Crippen LogP contribution >= 0.6 is 11.3 Å². The summed E-state index contributed by atoms with van der Waals surface area (Å²) in [5, 5.41) is 11.3. The number of morpholine rings is 1. The van der Waals surface area contributed by atoms with E-state index in [1.54, 1.807) is 16.5 Å². The fourth-order valence-electron chi connectivity index (χ4n) is 3.62. The highest BCUT2D eigenvalue weighted by atomic mass is 32.1. The van der Waals surface area contributed by atoms with Crippen LogP contribution in [0.2, 0.25) is 0 Å². The van der Waals surface area contributed by atoms with E-state index in [0.29, 0.717) is 41.4 Å². The molecule has 2 aromatic carbocycles. The van der Waals surface area contributed by atoms with E-state index in [2.05, 4.69) is 9.88 Å². The summed E-state index contributed by atoms with van der Waals surface area (Å²) in [4.78, 5) is 31.2. The van der Waals surface area contributed by atoms with Crippen molar-refractivity contribution in [2.45, 2.75) is 0 Å². The van der Waals surface area contributed by atoms with E-state index in [-0.39, 0.29) is 11.2 Å². The molecule has 2 aromatic heterocycles. The molecule has 29 heavy (non-hydrogen) atoms. The molecule has 0 amide bonds. The number of aromatic nitrogens is 2. The summed E-state index contributed by atoms with van der Waals surface area (Å²) in [6.45, 7) is 2.59. The number of nitro benzene ring substituents is 1. The Morgan fingerprint density at radius 2 is 1.97 bits per heavy atom.